The fourth-order valence-electron chi connectivity index (χ4n) is 3.86. The van der Waals surface area contributed by atoms with Crippen molar-refractivity contribution in [3.63, 3.8) is 0 Å². The van der Waals surface area contributed by atoms with Crippen LogP contribution in [0.4, 0.5) is 11.4 Å². The van der Waals surface area contributed by atoms with Crippen molar-refractivity contribution in [3.8, 4) is 0 Å². The van der Waals surface area contributed by atoms with Crippen LogP contribution in [-0.4, -0.2) is 31.1 Å². The highest BCUT2D eigenvalue weighted by Crippen LogP contribution is 2.47. The van der Waals surface area contributed by atoms with Gasteiger partial charge in [-0.1, -0.05) is 66.4 Å². The molecule has 1 heterocycles. The van der Waals surface area contributed by atoms with E-state index in [2.05, 4.69) is 46.6 Å². The number of benzene rings is 3. The van der Waals surface area contributed by atoms with Crippen LogP contribution in [0.15, 0.2) is 88.7 Å². The van der Waals surface area contributed by atoms with Crippen LogP contribution in [0.3, 0.4) is 0 Å². The Kier molecular flexibility index (Phi) is 7.68. The minimum absolute atomic E-state index is 0.00950. The van der Waals surface area contributed by atoms with Gasteiger partial charge in [-0.25, -0.2) is 0 Å². The lowest BCUT2D eigenvalue weighted by Crippen LogP contribution is -2.36. The summed E-state index contributed by atoms with van der Waals surface area (Å²) in [5, 5.41) is 2.91. The Morgan fingerprint density at radius 3 is 2.18 bits per heavy atom. The van der Waals surface area contributed by atoms with Gasteiger partial charge in [0.15, 0.2) is 6.61 Å². The molecule has 1 aliphatic rings. The summed E-state index contributed by atoms with van der Waals surface area (Å²) in [6, 6.07) is 26.5. The molecule has 1 atom stereocenters. The van der Waals surface area contributed by atoms with Gasteiger partial charge in [0, 0.05) is 22.4 Å². The number of para-hydroxylation sites is 2. The van der Waals surface area contributed by atoms with Gasteiger partial charge in [-0.05, 0) is 49.6 Å². The first-order valence-electron chi connectivity index (χ1n) is 11.2. The van der Waals surface area contributed by atoms with E-state index in [1.807, 2.05) is 49.4 Å². The molecule has 1 aliphatic heterocycles. The summed E-state index contributed by atoms with van der Waals surface area (Å²) in [6.45, 7) is 2.20. The van der Waals surface area contributed by atoms with E-state index in [0.29, 0.717) is 6.54 Å². The molecule has 4 rings (SSSR count). The second-order valence-corrected chi connectivity index (χ2v) is 9.18. The number of carbonyl (C=O) groups is 2. The largest absolute Gasteiger partial charge is 0.456 e. The number of amides is 1. The summed E-state index contributed by atoms with van der Waals surface area (Å²) in [5.74, 6) is -0.649. The van der Waals surface area contributed by atoms with Crippen LogP contribution in [0.5, 0.6) is 0 Å². The van der Waals surface area contributed by atoms with Gasteiger partial charge >= 0.3 is 5.97 Å². The van der Waals surface area contributed by atoms with Gasteiger partial charge in [0.1, 0.15) is 0 Å². The molecule has 1 amide bonds. The molecule has 0 aliphatic carbocycles. The summed E-state index contributed by atoms with van der Waals surface area (Å²) in [6.07, 6.45) is 1.92. The zero-order chi connectivity index (χ0) is 23.0. The number of hydrogen-bond acceptors (Lipinski definition) is 5. The Labute approximate surface area is 199 Å². The monoisotopic (exact) mass is 460 g/mol. The zero-order valence-corrected chi connectivity index (χ0v) is 19.5. The van der Waals surface area contributed by atoms with Crippen molar-refractivity contribution in [2.75, 3.05) is 18.1 Å². The fraction of sp³-hybridized carbons (Fsp3) is 0.259. The van der Waals surface area contributed by atoms with Gasteiger partial charge in [0.2, 0.25) is 0 Å². The average Bonchev–Trinajstić information content (AvgIpc) is 2.84. The predicted molar refractivity (Wildman–Crippen MR) is 132 cm³/mol. The van der Waals surface area contributed by atoms with Crippen molar-refractivity contribution in [2.24, 2.45) is 0 Å². The quantitative estimate of drug-likeness (QED) is 0.436. The van der Waals surface area contributed by atoms with Crippen LogP contribution >= 0.6 is 11.8 Å². The Morgan fingerprint density at radius 1 is 0.909 bits per heavy atom. The van der Waals surface area contributed by atoms with Gasteiger partial charge in [-0.15, -0.1) is 0 Å². The predicted octanol–water partition coefficient (Wildman–Crippen LogP) is 5.36. The molecule has 0 bridgehead atoms. The molecule has 33 heavy (non-hydrogen) atoms. The van der Waals surface area contributed by atoms with Crippen molar-refractivity contribution >= 4 is 35.0 Å². The van der Waals surface area contributed by atoms with Crippen LogP contribution in [0.2, 0.25) is 0 Å². The van der Waals surface area contributed by atoms with Gasteiger partial charge in [-0.2, -0.15) is 0 Å². The average molecular weight is 461 g/mol. The van der Waals surface area contributed by atoms with Crippen LogP contribution in [0.1, 0.15) is 25.3 Å². The highest BCUT2D eigenvalue weighted by Gasteiger charge is 2.23. The Hall–Kier alpha value is -3.25. The minimum Gasteiger partial charge on any atom is -0.456 e. The summed E-state index contributed by atoms with van der Waals surface area (Å²) in [4.78, 5) is 29.0. The molecule has 0 unspecified atom stereocenters. The number of fused-ring (bicyclic) bond motifs is 2. The third-order valence-electron chi connectivity index (χ3n) is 5.55. The number of esters is 1. The molecule has 0 saturated carbocycles. The van der Waals surface area contributed by atoms with Crippen molar-refractivity contribution in [2.45, 2.75) is 42.0 Å². The summed E-state index contributed by atoms with van der Waals surface area (Å²) < 4.78 is 5.25. The SMILES string of the molecule is C[C@H](CCc1ccccc1)NC(=O)COC(=O)CCN1c2ccccc2Sc2ccccc21. The molecular formula is C27H28N2O3S. The number of nitrogens with zero attached hydrogens (tertiary/aromatic N) is 1. The van der Waals surface area contributed by atoms with Crippen molar-refractivity contribution in [1.82, 2.24) is 5.32 Å². The molecule has 1 N–H and O–H groups in total. The number of rotatable bonds is 9. The topological polar surface area (TPSA) is 58.6 Å². The Balaban J connectivity index is 1.24. The zero-order valence-electron chi connectivity index (χ0n) is 18.7. The number of anilines is 2. The molecule has 5 nitrogen and oxygen atoms in total. The molecule has 3 aromatic rings. The maximum Gasteiger partial charge on any atom is 0.308 e. The highest BCUT2D eigenvalue weighted by molar-refractivity contribution is 7.99. The van der Waals surface area contributed by atoms with E-state index in [9.17, 15) is 9.59 Å². The van der Waals surface area contributed by atoms with Crippen LogP contribution < -0.4 is 10.2 Å². The van der Waals surface area contributed by atoms with E-state index in [0.717, 1.165) is 34.0 Å². The molecular weight excluding hydrogens is 432 g/mol. The van der Waals surface area contributed by atoms with Crippen LogP contribution in [-0.2, 0) is 20.7 Å². The van der Waals surface area contributed by atoms with Crippen molar-refractivity contribution < 1.29 is 14.3 Å². The van der Waals surface area contributed by atoms with Crippen LogP contribution in [0.25, 0.3) is 0 Å². The van der Waals surface area contributed by atoms with Crippen molar-refractivity contribution in [3.05, 3.63) is 84.4 Å². The highest BCUT2D eigenvalue weighted by atomic mass is 32.2. The molecule has 0 saturated heterocycles. The van der Waals surface area contributed by atoms with E-state index in [1.165, 1.54) is 5.56 Å². The lowest BCUT2D eigenvalue weighted by Gasteiger charge is -2.32. The number of carbonyl (C=O) groups excluding carboxylic acids is 2. The summed E-state index contributed by atoms with van der Waals surface area (Å²) in [7, 11) is 0. The summed E-state index contributed by atoms with van der Waals surface area (Å²) >= 11 is 1.73. The number of aryl methyl sites for hydroxylation is 1. The normalized spacial score (nSPS) is 12.9. The molecule has 0 radical (unpaired) electrons. The first kappa shape index (κ1) is 22.9. The van der Waals surface area contributed by atoms with Crippen molar-refractivity contribution in [1.29, 1.82) is 0 Å². The molecule has 3 aromatic carbocycles. The lowest BCUT2D eigenvalue weighted by molar-refractivity contribution is -0.148. The first-order valence-corrected chi connectivity index (χ1v) is 12.0. The molecule has 170 valence electrons. The minimum atomic E-state index is -0.379. The smallest absolute Gasteiger partial charge is 0.308 e. The van der Waals surface area contributed by atoms with Crippen LogP contribution in [0, 0.1) is 0 Å². The lowest BCUT2D eigenvalue weighted by atomic mass is 10.1. The van der Waals surface area contributed by atoms with Gasteiger partial charge in [0.25, 0.3) is 5.91 Å². The number of ether oxygens (including phenoxy) is 1. The second kappa shape index (κ2) is 11.1. The fourth-order valence-corrected chi connectivity index (χ4v) is 4.96. The number of nitrogens with one attached hydrogen (secondary N) is 1. The maximum absolute atomic E-state index is 12.4. The van der Waals surface area contributed by atoms with E-state index in [4.69, 9.17) is 4.74 Å². The number of hydrogen-bond donors (Lipinski definition) is 1. The third kappa shape index (κ3) is 6.17. The van der Waals surface area contributed by atoms with Gasteiger partial charge < -0.3 is 15.0 Å². The molecule has 0 spiro atoms. The van der Waals surface area contributed by atoms with E-state index in [1.54, 1.807) is 11.8 Å². The van der Waals surface area contributed by atoms with Gasteiger partial charge in [0.05, 0.1) is 17.8 Å². The molecule has 0 aromatic heterocycles. The third-order valence-corrected chi connectivity index (χ3v) is 6.68. The first-order chi connectivity index (χ1) is 16.1. The maximum atomic E-state index is 12.4. The molecule has 6 heteroatoms. The second-order valence-electron chi connectivity index (χ2n) is 8.09. The Morgan fingerprint density at radius 2 is 1.52 bits per heavy atom. The summed E-state index contributed by atoms with van der Waals surface area (Å²) in [5.41, 5.74) is 3.40. The van der Waals surface area contributed by atoms with E-state index < -0.39 is 0 Å². The molecule has 0 fully saturated rings. The van der Waals surface area contributed by atoms with E-state index >= 15 is 0 Å². The standard InChI is InChI=1S/C27H28N2O3S/c1-20(15-16-21-9-3-2-4-10-21)28-26(30)19-32-27(31)17-18-29-22-11-5-7-13-24(22)33-25-14-8-6-12-23(25)29/h2-14,20H,15-19H2,1H3,(H,28,30)/t20-/m1/s1. The van der Waals surface area contributed by atoms with Gasteiger partial charge in [-0.3, -0.25) is 9.59 Å². The van der Waals surface area contributed by atoms with E-state index in [-0.39, 0.29) is 30.9 Å². The Bertz CT molecular complexity index is 1060.